The lowest BCUT2D eigenvalue weighted by molar-refractivity contribution is -0.140. The van der Waals surface area contributed by atoms with Crippen molar-refractivity contribution in [3.05, 3.63) is 71.3 Å². The summed E-state index contributed by atoms with van der Waals surface area (Å²) in [6.45, 7) is 2.82. The number of hydrogen-bond donors (Lipinski definition) is 2. The van der Waals surface area contributed by atoms with Gasteiger partial charge in [0.25, 0.3) is 11.8 Å². The maximum absolute atomic E-state index is 12.7. The molecule has 1 aliphatic heterocycles. The summed E-state index contributed by atoms with van der Waals surface area (Å²) in [6.07, 6.45) is 0.954. The molecule has 4 amide bonds. The van der Waals surface area contributed by atoms with Crippen molar-refractivity contribution in [2.24, 2.45) is 0 Å². The molecule has 0 radical (unpaired) electrons. The Bertz CT molecular complexity index is 976. The smallest absolute Gasteiger partial charge is 0.344 e. The molecule has 3 rings (SSSR count). The molecule has 1 heterocycles. The number of esters is 1. The quantitative estimate of drug-likeness (QED) is 0.538. The van der Waals surface area contributed by atoms with E-state index in [1.807, 2.05) is 43.3 Å². The standard InChI is InChI=1S/C22H23N3O5/c1-15-7-6-10-17(13-15)19(27)30-14-18(26)24-25-20(28)22(2,23-21(25)29)12-11-16-8-4-3-5-9-16/h3-10,13H,11-12,14H2,1-2H3,(H,23,29)(H,24,26)/t22-/m1/s1. The third-order valence-electron chi connectivity index (χ3n) is 4.84. The number of nitrogens with zero attached hydrogens (tertiary/aromatic N) is 1. The molecular formula is C22H23N3O5. The van der Waals surface area contributed by atoms with E-state index in [9.17, 15) is 19.2 Å². The second-order valence-electron chi connectivity index (χ2n) is 7.37. The van der Waals surface area contributed by atoms with E-state index in [-0.39, 0.29) is 0 Å². The summed E-state index contributed by atoms with van der Waals surface area (Å²) < 4.78 is 4.96. The fourth-order valence-corrected chi connectivity index (χ4v) is 3.14. The fourth-order valence-electron chi connectivity index (χ4n) is 3.14. The van der Waals surface area contributed by atoms with Gasteiger partial charge in [0.05, 0.1) is 5.56 Å². The number of hydrogen-bond acceptors (Lipinski definition) is 5. The van der Waals surface area contributed by atoms with Crippen molar-refractivity contribution in [3.8, 4) is 0 Å². The van der Waals surface area contributed by atoms with E-state index in [0.717, 1.165) is 11.1 Å². The van der Waals surface area contributed by atoms with Crippen molar-refractivity contribution >= 4 is 23.8 Å². The topological polar surface area (TPSA) is 105 Å². The van der Waals surface area contributed by atoms with E-state index in [2.05, 4.69) is 10.7 Å². The molecule has 0 saturated carbocycles. The van der Waals surface area contributed by atoms with Crippen LogP contribution in [-0.4, -0.2) is 41.0 Å². The first-order valence-corrected chi connectivity index (χ1v) is 9.52. The van der Waals surface area contributed by atoms with Crippen LogP contribution < -0.4 is 10.7 Å². The number of carbonyl (C=O) groups is 4. The van der Waals surface area contributed by atoms with Crippen LogP contribution in [-0.2, 0) is 20.7 Å². The van der Waals surface area contributed by atoms with Gasteiger partial charge in [-0.2, -0.15) is 5.01 Å². The minimum atomic E-state index is -1.14. The molecule has 30 heavy (non-hydrogen) atoms. The summed E-state index contributed by atoms with van der Waals surface area (Å²) in [5.41, 5.74) is 3.29. The van der Waals surface area contributed by atoms with Crippen LogP contribution in [0.5, 0.6) is 0 Å². The first kappa shape index (κ1) is 21.0. The predicted molar refractivity (Wildman–Crippen MR) is 108 cm³/mol. The van der Waals surface area contributed by atoms with Gasteiger partial charge >= 0.3 is 12.0 Å². The predicted octanol–water partition coefficient (Wildman–Crippen LogP) is 2.13. The first-order chi connectivity index (χ1) is 14.3. The van der Waals surface area contributed by atoms with Crippen molar-refractivity contribution in [1.82, 2.24) is 15.8 Å². The van der Waals surface area contributed by atoms with Gasteiger partial charge in [-0.3, -0.25) is 15.0 Å². The SMILES string of the molecule is Cc1cccc(C(=O)OCC(=O)NN2C(=O)N[C@](C)(CCc3ccccc3)C2=O)c1. The second-order valence-corrected chi connectivity index (χ2v) is 7.37. The van der Waals surface area contributed by atoms with E-state index < -0.39 is 36.0 Å². The molecule has 156 valence electrons. The number of carbonyl (C=O) groups excluding carboxylic acids is 4. The normalized spacial score (nSPS) is 18.1. The van der Waals surface area contributed by atoms with Crippen LogP contribution in [0.1, 0.15) is 34.8 Å². The van der Waals surface area contributed by atoms with Gasteiger partial charge in [0, 0.05) is 0 Å². The van der Waals surface area contributed by atoms with Crippen LogP contribution >= 0.6 is 0 Å². The lowest BCUT2D eigenvalue weighted by atomic mass is 9.93. The van der Waals surface area contributed by atoms with Crippen molar-refractivity contribution < 1.29 is 23.9 Å². The molecule has 2 aromatic rings. The zero-order chi connectivity index (χ0) is 21.7. The highest BCUT2D eigenvalue weighted by Gasteiger charge is 2.48. The summed E-state index contributed by atoms with van der Waals surface area (Å²) >= 11 is 0. The Kier molecular flexibility index (Phi) is 6.15. The van der Waals surface area contributed by atoms with Gasteiger partial charge in [-0.15, -0.1) is 0 Å². The number of urea groups is 1. The van der Waals surface area contributed by atoms with Crippen LogP contribution in [0.2, 0.25) is 0 Å². The monoisotopic (exact) mass is 409 g/mol. The van der Waals surface area contributed by atoms with Crippen LogP contribution in [0.3, 0.4) is 0 Å². The summed E-state index contributed by atoms with van der Waals surface area (Å²) in [5, 5.41) is 3.25. The largest absolute Gasteiger partial charge is 0.452 e. The van der Waals surface area contributed by atoms with Gasteiger partial charge in [0.2, 0.25) is 0 Å². The Morgan fingerprint density at radius 3 is 2.53 bits per heavy atom. The minimum absolute atomic E-state index is 0.311. The molecule has 8 nitrogen and oxygen atoms in total. The Hall–Kier alpha value is -3.68. The van der Waals surface area contributed by atoms with E-state index in [1.54, 1.807) is 25.1 Å². The van der Waals surface area contributed by atoms with Crippen molar-refractivity contribution in [2.75, 3.05) is 6.61 Å². The highest BCUT2D eigenvalue weighted by Crippen LogP contribution is 2.22. The number of hydrazine groups is 1. The summed E-state index contributed by atoms with van der Waals surface area (Å²) in [5.74, 6) is -2.02. The van der Waals surface area contributed by atoms with Gasteiger partial charge in [0.15, 0.2) is 6.61 Å². The van der Waals surface area contributed by atoms with Crippen LogP contribution in [0.15, 0.2) is 54.6 Å². The van der Waals surface area contributed by atoms with E-state index in [4.69, 9.17) is 4.74 Å². The third kappa shape index (κ3) is 4.83. The highest BCUT2D eigenvalue weighted by atomic mass is 16.5. The molecule has 0 aromatic heterocycles. The van der Waals surface area contributed by atoms with Crippen molar-refractivity contribution in [1.29, 1.82) is 0 Å². The number of amides is 4. The molecule has 0 unspecified atom stereocenters. The second kappa shape index (κ2) is 8.77. The average molecular weight is 409 g/mol. The molecule has 1 atom stereocenters. The van der Waals surface area contributed by atoms with Crippen LogP contribution in [0.4, 0.5) is 4.79 Å². The molecule has 2 aromatic carbocycles. The molecule has 0 spiro atoms. The Morgan fingerprint density at radius 2 is 1.83 bits per heavy atom. The summed E-state index contributed by atoms with van der Waals surface area (Å²) in [6, 6.07) is 15.6. The Labute approximate surface area is 174 Å². The molecule has 1 aliphatic rings. The lowest BCUT2D eigenvalue weighted by Crippen LogP contribution is -2.50. The number of nitrogens with one attached hydrogen (secondary N) is 2. The van der Waals surface area contributed by atoms with E-state index in [0.29, 0.717) is 23.4 Å². The van der Waals surface area contributed by atoms with Crippen molar-refractivity contribution in [3.63, 3.8) is 0 Å². The fraction of sp³-hybridized carbons (Fsp3) is 0.273. The Morgan fingerprint density at radius 1 is 1.10 bits per heavy atom. The maximum atomic E-state index is 12.7. The highest BCUT2D eigenvalue weighted by molar-refractivity contribution is 6.07. The number of imide groups is 1. The first-order valence-electron chi connectivity index (χ1n) is 9.52. The number of benzene rings is 2. The average Bonchev–Trinajstić information content (AvgIpc) is 2.94. The maximum Gasteiger partial charge on any atom is 0.344 e. The Balaban J connectivity index is 1.54. The van der Waals surface area contributed by atoms with Crippen molar-refractivity contribution in [2.45, 2.75) is 32.2 Å². The number of ether oxygens (including phenoxy) is 1. The summed E-state index contributed by atoms with van der Waals surface area (Å²) in [4.78, 5) is 49.1. The van der Waals surface area contributed by atoms with E-state index in [1.165, 1.54) is 0 Å². The molecule has 2 N–H and O–H groups in total. The third-order valence-corrected chi connectivity index (χ3v) is 4.84. The summed E-state index contributed by atoms with van der Waals surface area (Å²) in [7, 11) is 0. The van der Waals surface area contributed by atoms with Gasteiger partial charge < -0.3 is 10.1 Å². The minimum Gasteiger partial charge on any atom is -0.452 e. The molecule has 0 aliphatic carbocycles. The molecular weight excluding hydrogens is 386 g/mol. The molecule has 8 heteroatoms. The zero-order valence-corrected chi connectivity index (χ0v) is 16.8. The molecule has 1 saturated heterocycles. The van der Waals surface area contributed by atoms with Gasteiger partial charge in [-0.25, -0.2) is 9.59 Å². The van der Waals surface area contributed by atoms with Gasteiger partial charge in [-0.05, 0) is 44.4 Å². The lowest BCUT2D eigenvalue weighted by Gasteiger charge is -2.21. The molecule has 0 bridgehead atoms. The van der Waals surface area contributed by atoms with Gasteiger partial charge in [0.1, 0.15) is 5.54 Å². The van der Waals surface area contributed by atoms with Crippen LogP contribution in [0.25, 0.3) is 0 Å². The number of rotatable bonds is 7. The van der Waals surface area contributed by atoms with Gasteiger partial charge in [-0.1, -0.05) is 48.0 Å². The molecule has 1 fully saturated rings. The van der Waals surface area contributed by atoms with E-state index >= 15 is 0 Å². The van der Waals surface area contributed by atoms with Crippen LogP contribution in [0, 0.1) is 6.92 Å². The number of aryl methyl sites for hydroxylation is 2. The zero-order valence-electron chi connectivity index (χ0n) is 16.8.